The Morgan fingerprint density at radius 2 is 1.94 bits per heavy atom. The molecule has 4 nitrogen and oxygen atoms in total. The summed E-state index contributed by atoms with van der Waals surface area (Å²) in [6.07, 6.45) is 1.95. The van der Waals surface area contributed by atoms with E-state index in [1.165, 1.54) is 11.9 Å². The smallest absolute Gasteiger partial charge is 0.138 e. The van der Waals surface area contributed by atoms with Crippen LogP contribution in [0.2, 0.25) is 0 Å². The summed E-state index contributed by atoms with van der Waals surface area (Å²) in [4.78, 5) is 4.14. The van der Waals surface area contributed by atoms with E-state index in [0.29, 0.717) is 6.42 Å². The molecule has 1 heterocycles. The Hall–Kier alpha value is -1.68. The van der Waals surface area contributed by atoms with Crippen LogP contribution in [0.25, 0.3) is 0 Å². The second-order valence-corrected chi connectivity index (χ2v) is 4.62. The maximum atomic E-state index is 10.5. The molecule has 1 atom stereocenters. The first kappa shape index (κ1) is 11.8. The van der Waals surface area contributed by atoms with Gasteiger partial charge in [0.1, 0.15) is 12.2 Å². The van der Waals surface area contributed by atoms with Crippen LogP contribution in [0.15, 0.2) is 30.6 Å². The molecule has 0 aliphatic carbocycles. The number of rotatable bonds is 3. The number of aromatic nitrogens is 3. The summed E-state index contributed by atoms with van der Waals surface area (Å²) in [5, 5.41) is 14.5. The average molecular weight is 231 g/mol. The van der Waals surface area contributed by atoms with Gasteiger partial charge in [0.15, 0.2) is 0 Å². The molecule has 1 aromatic heterocycles. The molecular formula is C13H17N3O. The van der Waals surface area contributed by atoms with Crippen LogP contribution < -0.4 is 0 Å². The van der Waals surface area contributed by atoms with Gasteiger partial charge in [-0.2, -0.15) is 5.10 Å². The van der Waals surface area contributed by atoms with Crippen LogP contribution in [0.4, 0.5) is 0 Å². The number of hydrogen-bond acceptors (Lipinski definition) is 3. The third kappa shape index (κ3) is 2.53. The van der Waals surface area contributed by atoms with Crippen molar-refractivity contribution in [3.63, 3.8) is 0 Å². The van der Waals surface area contributed by atoms with Crippen molar-refractivity contribution in [3.8, 4) is 0 Å². The van der Waals surface area contributed by atoms with Gasteiger partial charge in [-0.25, -0.2) is 4.98 Å². The van der Waals surface area contributed by atoms with Crippen molar-refractivity contribution >= 4 is 0 Å². The van der Waals surface area contributed by atoms with Gasteiger partial charge >= 0.3 is 0 Å². The highest BCUT2D eigenvalue weighted by Crippen LogP contribution is 2.24. The second-order valence-electron chi connectivity index (χ2n) is 4.62. The molecule has 0 bridgehead atoms. The summed E-state index contributed by atoms with van der Waals surface area (Å²) >= 11 is 0. The number of nitrogens with zero attached hydrogens (tertiary/aromatic N) is 3. The first-order valence-corrected chi connectivity index (χ1v) is 5.61. The Morgan fingerprint density at radius 1 is 1.29 bits per heavy atom. The third-order valence-electron chi connectivity index (χ3n) is 2.98. The van der Waals surface area contributed by atoms with Gasteiger partial charge in [0.2, 0.25) is 0 Å². The summed E-state index contributed by atoms with van der Waals surface area (Å²) in [6, 6.07) is 7.90. The molecule has 1 aromatic carbocycles. The van der Waals surface area contributed by atoms with E-state index in [2.05, 4.69) is 10.1 Å². The highest BCUT2D eigenvalue weighted by atomic mass is 16.3. The fourth-order valence-electron chi connectivity index (χ4n) is 1.80. The molecule has 0 saturated carbocycles. The molecule has 0 aliphatic heterocycles. The maximum Gasteiger partial charge on any atom is 0.138 e. The van der Waals surface area contributed by atoms with Gasteiger partial charge in [-0.15, -0.1) is 0 Å². The number of aliphatic hydroxyl groups is 1. The Balaban J connectivity index is 2.24. The molecule has 4 heteroatoms. The van der Waals surface area contributed by atoms with E-state index < -0.39 is 5.60 Å². The van der Waals surface area contributed by atoms with E-state index in [9.17, 15) is 5.11 Å². The van der Waals surface area contributed by atoms with Gasteiger partial charge in [-0.05, 0) is 19.4 Å². The predicted molar refractivity (Wildman–Crippen MR) is 65.5 cm³/mol. The minimum Gasteiger partial charge on any atom is -0.385 e. The molecule has 17 heavy (non-hydrogen) atoms. The Kier molecular flexibility index (Phi) is 2.98. The molecule has 2 rings (SSSR count). The van der Waals surface area contributed by atoms with Crippen molar-refractivity contribution in [1.29, 1.82) is 0 Å². The molecule has 2 aromatic rings. The van der Waals surface area contributed by atoms with E-state index in [4.69, 9.17) is 0 Å². The fourth-order valence-corrected chi connectivity index (χ4v) is 1.80. The van der Waals surface area contributed by atoms with Crippen molar-refractivity contribution in [2.75, 3.05) is 0 Å². The zero-order valence-electron chi connectivity index (χ0n) is 10.4. The van der Waals surface area contributed by atoms with Gasteiger partial charge < -0.3 is 5.11 Å². The van der Waals surface area contributed by atoms with Gasteiger partial charge in [-0.1, -0.05) is 29.8 Å². The SMILES string of the molecule is Cc1ccc(C(C)(O)Cc2ncnn2C)cc1. The lowest BCUT2D eigenvalue weighted by Gasteiger charge is -2.23. The van der Waals surface area contributed by atoms with Gasteiger partial charge in [-0.3, -0.25) is 4.68 Å². The van der Waals surface area contributed by atoms with E-state index >= 15 is 0 Å². The third-order valence-corrected chi connectivity index (χ3v) is 2.98. The minimum absolute atomic E-state index is 0.451. The van der Waals surface area contributed by atoms with Crippen LogP contribution in [-0.4, -0.2) is 19.9 Å². The van der Waals surface area contributed by atoms with Crippen LogP contribution in [-0.2, 0) is 19.1 Å². The molecule has 1 N–H and O–H groups in total. The molecule has 0 radical (unpaired) electrons. The molecule has 0 saturated heterocycles. The normalized spacial score (nSPS) is 14.6. The zero-order chi connectivity index (χ0) is 12.5. The molecular weight excluding hydrogens is 214 g/mol. The second kappa shape index (κ2) is 4.30. The largest absolute Gasteiger partial charge is 0.385 e. The molecule has 0 fully saturated rings. The molecule has 90 valence electrons. The summed E-state index contributed by atoms with van der Waals surface area (Å²) in [7, 11) is 1.83. The van der Waals surface area contributed by atoms with Gasteiger partial charge in [0, 0.05) is 13.5 Å². The highest BCUT2D eigenvalue weighted by molar-refractivity contribution is 5.26. The molecule has 0 aliphatic rings. The zero-order valence-corrected chi connectivity index (χ0v) is 10.4. The monoisotopic (exact) mass is 231 g/mol. The highest BCUT2D eigenvalue weighted by Gasteiger charge is 2.25. The van der Waals surface area contributed by atoms with E-state index in [1.54, 1.807) is 11.6 Å². The molecule has 0 spiro atoms. The number of aryl methyl sites for hydroxylation is 2. The van der Waals surface area contributed by atoms with E-state index in [0.717, 1.165) is 11.4 Å². The van der Waals surface area contributed by atoms with Crippen LogP contribution >= 0.6 is 0 Å². The molecule has 1 unspecified atom stereocenters. The van der Waals surface area contributed by atoms with Gasteiger partial charge in [0.05, 0.1) is 5.60 Å². The number of hydrogen-bond donors (Lipinski definition) is 1. The van der Waals surface area contributed by atoms with Crippen LogP contribution in [0, 0.1) is 6.92 Å². The Bertz CT molecular complexity index is 500. The summed E-state index contributed by atoms with van der Waals surface area (Å²) in [5.41, 5.74) is 1.16. The van der Waals surface area contributed by atoms with Crippen molar-refractivity contribution in [2.24, 2.45) is 7.05 Å². The van der Waals surface area contributed by atoms with Crippen LogP contribution in [0.3, 0.4) is 0 Å². The van der Waals surface area contributed by atoms with Crippen LogP contribution in [0.5, 0.6) is 0 Å². The van der Waals surface area contributed by atoms with Crippen LogP contribution in [0.1, 0.15) is 23.9 Å². The predicted octanol–water partition coefficient (Wildman–Crippen LogP) is 1.57. The lowest BCUT2D eigenvalue weighted by molar-refractivity contribution is 0.0545. The maximum absolute atomic E-state index is 10.5. The van der Waals surface area contributed by atoms with Crippen molar-refractivity contribution in [1.82, 2.24) is 14.8 Å². The van der Waals surface area contributed by atoms with E-state index in [-0.39, 0.29) is 0 Å². The van der Waals surface area contributed by atoms with Crippen molar-refractivity contribution in [2.45, 2.75) is 25.9 Å². The Morgan fingerprint density at radius 3 is 2.47 bits per heavy atom. The average Bonchev–Trinajstić information content (AvgIpc) is 2.64. The standard InChI is InChI=1S/C13H17N3O/c1-10-4-6-11(7-5-10)13(2,17)8-12-14-9-15-16(12)3/h4-7,9,17H,8H2,1-3H3. The minimum atomic E-state index is -0.922. The number of benzene rings is 1. The van der Waals surface area contributed by atoms with Gasteiger partial charge in [0.25, 0.3) is 0 Å². The van der Waals surface area contributed by atoms with Crippen molar-refractivity contribution in [3.05, 3.63) is 47.5 Å². The fraction of sp³-hybridized carbons (Fsp3) is 0.385. The first-order chi connectivity index (χ1) is 7.99. The van der Waals surface area contributed by atoms with Crippen molar-refractivity contribution < 1.29 is 5.11 Å². The first-order valence-electron chi connectivity index (χ1n) is 5.61. The summed E-state index contributed by atoms with van der Waals surface area (Å²) < 4.78 is 1.68. The lowest BCUT2D eigenvalue weighted by Crippen LogP contribution is -2.26. The lowest BCUT2D eigenvalue weighted by atomic mass is 9.91. The summed E-state index contributed by atoms with van der Waals surface area (Å²) in [6.45, 7) is 3.83. The topological polar surface area (TPSA) is 50.9 Å². The quantitative estimate of drug-likeness (QED) is 0.872. The Labute approximate surface area is 101 Å². The van der Waals surface area contributed by atoms with E-state index in [1.807, 2.05) is 38.2 Å². The molecule has 0 amide bonds. The summed E-state index contributed by atoms with van der Waals surface area (Å²) in [5.74, 6) is 0.774.